The Morgan fingerprint density at radius 2 is 1.62 bits per heavy atom. The van der Waals surface area contributed by atoms with Crippen molar-refractivity contribution in [3.05, 3.63) is 101 Å². The van der Waals surface area contributed by atoms with Gasteiger partial charge in [0.15, 0.2) is 0 Å². The van der Waals surface area contributed by atoms with Crippen molar-refractivity contribution in [1.29, 1.82) is 0 Å². The topological polar surface area (TPSA) is 12.5 Å². The second-order valence-electron chi connectivity index (χ2n) is 10.1. The van der Waals surface area contributed by atoms with E-state index in [0.29, 0.717) is 18.1 Å². The standard InChI is InChI=1S/C30H33NO/c1-3-9-23(10-4-1)21-31-18-17-30-16-8-7-13-27(30)29(31)19-25-14-15-26(20-28(25)30)32-22-24-11-5-2-6-12-24/h1-6,9-12,14-15,20,27,29H,7-8,13,16-19,21-22H2. The van der Waals surface area contributed by atoms with Crippen LogP contribution in [-0.4, -0.2) is 17.5 Å². The highest BCUT2D eigenvalue weighted by atomic mass is 16.5. The molecule has 3 unspecified atom stereocenters. The Morgan fingerprint density at radius 1 is 0.844 bits per heavy atom. The van der Waals surface area contributed by atoms with Crippen molar-refractivity contribution in [2.45, 2.75) is 63.1 Å². The van der Waals surface area contributed by atoms with E-state index in [9.17, 15) is 0 Å². The summed E-state index contributed by atoms with van der Waals surface area (Å²) in [5, 5.41) is 0. The number of benzene rings is 3. The minimum atomic E-state index is 0.357. The highest BCUT2D eigenvalue weighted by Crippen LogP contribution is 2.56. The molecule has 32 heavy (non-hydrogen) atoms. The third kappa shape index (κ3) is 3.55. The van der Waals surface area contributed by atoms with Gasteiger partial charge in [-0.05, 0) is 72.5 Å². The fourth-order valence-corrected chi connectivity index (χ4v) is 6.91. The van der Waals surface area contributed by atoms with Crippen LogP contribution in [0.5, 0.6) is 5.75 Å². The van der Waals surface area contributed by atoms with E-state index >= 15 is 0 Å². The van der Waals surface area contributed by atoms with Crippen LogP contribution < -0.4 is 4.74 Å². The van der Waals surface area contributed by atoms with Gasteiger partial charge in [-0.3, -0.25) is 4.90 Å². The molecule has 164 valence electrons. The molecule has 0 aromatic heterocycles. The summed E-state index contributed by atoms with van der Waals surface area (Å²) in [5.74, 6) is 1.82. The van der Waals surface area contributed by atoms with E-state index in [1.54, 1.807) is 11.1 Å². The molecule has 2 bridgehead atoms. The SMILES string of the molecule is c1ccc(COc2ccc3c(c2)C24CCCCC2C(C3)N(Cc2ccccc2)CC4)cc1. The number of fused-ring (bicyclic) bond motifs is 1. The summed E-state index contributed by atoms with van der Waals surface area (Å²) < 4.78 is 6.26. The lowest BCUT2D eigenvalue weighted by Crippen LogP contribution is -2.60. The first-order chi connectivity index (χ1) is 15.8. The first-order valence-corrected chi connectivity index (χ1v) is 12.4. The first-order valence-electron chi connectivity index (χ1n) is 12.4. The summed E-state index contributed by atoms with van der Waals surface area (Å²) in [5.41, 5.74) is 6.22. The van der Waals surface area contributed by atoms with Gasteiger partial charge >= 0.3 is 0 Å². The van der Waals surface area contributed by atoms with Crippen molar-refractivity contribution < 1.29 is 4.74 Å². The summed E-state index contributed by atoms with van der Waals surface area (Å²) in [4.78, 5) is 2.80. The second kappa shape index (κ2) is 8.41. The van der Waals surface area contributed by atoms with E-state index in [1.807, 2.05) is 0 Å². The van der Waals surface area contributed by atoms with Crippen molar-refractivity contribution in [2.24, 2.45) is 5.92 Å². The molecule has 2 heteroatoms. The summed E-state index contributed by atoms with van der Waals surface area (Å²) in [7, 11) is 0. The van der Waals surface area contributed by atoms with Gasteiger partial charge < -0.3 is 4.74 Å². The smallest absolute Gasteiger partial charge is 0.120 e. The van der Waals surface area contributed by atoms with E-state index in [-0.39, 0.29) is 0 Å². The maximum absolute atomic E-state index is 6.26. The fourth-order valence-electron chi connectivity index (χ4n) is 6.91. The zero-order valence-electron chi connectivity index (χ0n) is 18.9. The molecule has 3 aromatic rings. The zero-order chi connectivity index (χ0) is 21.4. The van der Waals surface area contributed by atoms with Gasteiger partial charge in [0.25, 0.3) is 0 Å². The van der Waals surface area contributed by atoms with Crippen LogP contribution in [0.15, 0.2) is 78.9 Å². The average molecular weight is 424 g/mol. The molecular formula is C30H33NO. The van der Waals surface area contributed by atoms with Crippen LogP contribution in [0.1, 0.15) is 54.4 Å². The number of nitrogens with zero attached hydrogens (tertiary/aromatic N) is 1. The maximum atomic E-state index is 6.26. The Kier molecular flexibility index (Phi) is 5.27. The molecule has 1 heterocycles. The van der Waals surface area contributed by atoms with Crippen molar-refractivity contribution in [1.82, 2.24) is 4.90 Å². The molecule has 1 saturated heterocycles. The fraction of sp³-hybridized carbons (Fsp3) is 0.400. The predicted octanol–water partition coefficient (Wildman–Crippen LogP) is 6.52. The molecule has 3 atom stereocenters. The lowest BCUT2D eigenvalue weighted by atomic mass is 9.52. The van der Waals surface area contributed by atoms with Gasteiger partial charge in [0.2, 0.25) is 0 Å². The molecule has 0 N–H and O–H groups in total. The second-order valence-corrected chi connectivity index (χ2v) is 10.1. The average Bonchev–Trinajstić information content (AvgIpc) is 2.86. The van der Waals surface area contributed by atoms with E-state index < -0.39 is 0 Å². The largest absolute Gasteiger partial charge is 0.489 e. The van der Waals surface area contributed by atoms with E-state index in [2.05, 4.69) is 83.8 Å². The number of piperidine rings is 1. The van der Waals surface area contributed by atoms with Crippen molar-refractivity contribution in [3.63, 3.8) is 0 Å². The van der Waals surface area contributed by atoms with Crippen LogP contribution in [0.2, 0.25) is 0 Å². The monoisotopic (exact) mass is 423 g/mol. The molecule has 6 rings (SSSR count). The van der Waals surface area contributed by atoms with E-state index in [1.165, 1.54) is 56.2 Å². The highest BCUT2D eigenvalue weighted by Gasteiger charge is 2.53. The number of rotatable bonds is 5. The van der Waals surface area contributed by atoms with Crippen molar-refractivity contribution in [2.75, 3.05) is 6.54 Å². The summed E-state index contributed by atoms with van der Waals surface area (Å²) in [6.45, 7) is 2.94. The van der Waals surface area contributed by atoms with Crippen LogP contribution >= 0.6 is 0 Å². The molecule has 2 fully saturated rings. The minimum absolute atomic E-state index is 0.357. The summed E-state index contributed by atoms with van der Waals surface area (Å²) in [6, 6.07) is 29.2. The molecule has 1 saturated carbocycles. The van der Waals surface area contributed by atoms with Gasteiger partial charge in [-0.1, -0.05) is 79.6 Å². The minimum Gasteiger partial charge on any atom is -0.489 e. The summed E-state index contributed by atoms with van der Waals surface area (Å²) in [6.07, 6.45) is 7.97. The predicted molar refractivity (Wildman–Crippen MR) is 130 cm³/mol. The highest BCUT2D eigenvalue weighted by molar-refractivity contribution is 5.46. The van der Waals surface area contributed by atoms with Crippen LogP contribution in [-0.2, 0) is 25.0 Å². The Labute approximate surface area is 192 Å². The number of likely N-dealkylation sites (tertiary alicyclic amines) is 1. The Morgan fingerprint density at radius 3 is 2.44 bits per heavy atom. The number of hydrogen-bond acceptors (Lipinski definition) is 2. The van der Waals surface area contributed by atoms with Gasteiger partial charge in [-0.15, -0.1) is 0 Å². The normalized spacial score (nSPS) is 26.8. The maximum Gasteiger partial charge on any atom is 0.120 e. The van der Waals surface area contributed by atoms with Gasteiger partial charge in [0.05, 0.1) is 0 Å². The lowest BCUT2D eigenvalue weighted by Gasteiger charge is -2.59. The van der Waals surface area contributed by atoms with Crippen LogP contribution in [0.25, 0.3) is 0 Å². The van der Waals surface area contributed by atoms with Gasteiger partial charge in [-0.2, -0.15) is 0 Å². The molecule has 3 aromatic carbocycles. The first kappa shape index (κ1) is 20.1. The quantitative estimate of drug-likeness (QED) is 0.463. The lowest BCUT2D eigenvalue weighted by molar-refractivity contribution is -0.0157. The number of ether oxygens (including phenoxy) is 1. The molecule has 2 nitrogen and oxygen atoms in total. The molecule has 3 aliphatic rings. The van der Waals surface area contributed by atoms with Gasteiger partial charge in [0, 0.05) is 18.0 Å². The molecule has 1 aliphatic heterocycles. The van der Waals surface area contributed by atoms with Gasteiger partial charge in [-0.25, -0.2) is 0 Å². The molecular weight excluding hydrogens is 390 g/mol. The van der Waals surface area contributed by atoms with Crippen molar-refractivity contribution in [3.8, 4) is 5.75 Å². The molecule has 0 spiro atoms. The van der Waals surface area contributed by atoms with Crippen LogP contribution in [0.4, 0.5) is 0 Å². The summed E-state index contributed by atoms with van der Waals surface area (Å²) >= 11 is 0. The molecule has 0 amide bonds. The Bertz CT molecular complexity index is 1060. The van der Waals surface area contributed by atoms with Crippen molar-refractivity contribution >= 4 is 0 Å². The Balaban J connectivity index is 1.29. The molecule has 0 radical (unpaired) electrons. The van der Waals surface area contributed by atoms with Crippen LogP contribution in [0.3, 0.4) is 0 Å². The number of hydrogen-bond donors (Lipinski definition) is 0. The van der Waals surface area contributed by atoms with Gasteiger partial charge in [0.1, 0.15) is 12.4 Å². The van der Waals surface area contributed by atoms with Crippen LogP contribution in [0, 0.1) is 5.92 Å². The zero-order valence-corrected chi connectivity index (χ0v) is 18.9. The third-order valence-electron chi connectivity index (χ3n) is 8.40. The van der Waals surface area contributed by atoms with E-state index in [4.69, 9.17) is 4.74 Å². The molecule has 2 aliphatic carbocycles. The Hall–Kier alpha value is -2.58. The third-order valence-corrected chi connectivity index (χ3v) is 8.40. The van der Waals surface area contributed by atoms with E-state index in [0.717, 1.165) is 18.2 Å².